The molecule has 1 aliphatic rings. The van der Waals surface area contributed by atoms with Gasteiger partial charge in [-0.15, -0.1) is 0 Å². The van der Waals surface area contributed by atoms with E-state index < -0.39 is 11.5 Å². The van der Waals surface area contributed by atoms with Gasteiger partial charge in [0.15, 0.2) is 0 Å². The number of carboxylic acid groups (broad SMARTS) is 1. The average molecular weight is 233 g/mol. The topological polar surface area (TPSA) is 63.3 Å². The number of nitrogens with two attached hydrogens (primary N) is 1. The van der Waals surface area contributed by atoms with Crippen LogP contribution in [0.15, 0.2) is 24.3 Å². The van der Waals surface area contributed by atoms with Crippen molar-refractivity contribution in [1.29, 1.82) is 0 Å². The van der Waals surface area contributed by atoms with Gasteiger partial charge in [0.1, 0.15) is 0 Å². The molecule has 0 radical (unpaired) electrons. The second kappa shape index (κ2) is 3.84. The molecule has 1 aliphatic carbocycles. The zero-order valence-electron chi connectivity index (χ0n) is 10.4. The van der Waals surface area contributed by atoms with Gasteiger partial charge in [0, 0.05) is 0 Å². The van der Waals surface area contributed by atoms with Gasteiger partial charge in [0.05, 0.1) is 12.0 Å². The molecule has 0 saturated heterocycles. The number of rotatable bonds is 2. The van der Waals surface area contributed by atoms with Crippen LogP contribution in [0.2, 0.25) is 0 Å². The van der Waals surface area contributed by atoms with Gasteiger partial charge in [-0.25, -0.2) is 0 Å². The third-order valence-electron chi connectivity index (χ3n) is 3.86. The Bertz CT molecular complexity index is 453. The van der Waals surface area contributed by atoms with Gasteiger partial charge in [-0.3, -0.25) is 4.79 Å². The molecule has 0 heterocycles. The standard InChI is InChI=1S/C14H19NO2/c1-13(2)7-8-14(15,9-12(16)17)11-6-4-3-5-10(11)13/h3-6H,7-9,15H2,1-2H3,(H,16,17). The van der Waals surface area contributed by atoms with Gasteiger partial charge >= 0.3 is 5.97 Å². The van der Waals surface area contributed by atoms with E-state index in [9.17, 15) is 4.79 Å². The molecule has 0 spiro atoms. The molecule has 1 atom stereocenters. The highest BCUT2D eigenvalue weighted by Crippen LogP contribution is 2.44. The third-order valence-corrected chi connectivity index (χ3v) is 3.86. The quantitative estimate of drug-likeness (QED) is 0.824. The highest BCUT2D eigenvalue weighted by Gasteiger charge is 2.41. The van der Waals surface area contributed by atoms with E-state index >= 15 is 0 Å². The Morgan fingerprint density at radius 1 is 1.29 bits per heavy atom. The fraction of sp³-hybridized carbons (Fsp3) is 0.500. The van der Waals surface area contributed by atoms with Crippen molar-refractivity contribution in [2.45, 2.75) is 44.1 Å². The van der Waals surface area contributed by atoms with Crippen molar-refractivity contribution in [2.24, 2.45) is 5.73 Å². The zero-order valence-corrected chi connectivity index (χ0v) is 10.4. The van der Waals surface area contributed by atoms with E-state index in [1.807, 2.05) is 18.2 Å². The normalized spacial score (nSPS) is 26.3. The monoisotopic (exact) mass is 233 g/mol. The highest BCUT2D eigenvalue weighted by atomic mass is 16.4. The van der Waals surface area contributed by atoms with Crippen LogP contribution in [0.1, 0.15) is 44.2 Å². The van der Waals surface area contributed by atoms with Crippen molar-refractivity contribution in [1.82, 2.24) is 0 Å². The summed E-state index contributed by atoms with van der Waals surface area (Å²) in [5.74, 6) is -0.831. The number of fused-ring (bicyclic) bond motifs is 1. The van der Waals surface area contributed by atoms with Crippen LogP contribution >= 0.6 is 0 Å². The van der Waals surface area contributed by atoms with Gasteiger partial charge in [-0.05, 0) is 29.4 Å². The molecule has 3 heteroatoms. The highest BCUT2D eigenvalue weighted by molar-refractivity contribution is 5.69. The Morgan fingerprint density at radius 2 is 1.88 bits per heavy atom. The van der Waals surface area contributed by atoms with E-state index in [4.69, 9.17) is 10.8 Å². The largest absolute Gasteiger partial charge is 0.481 e. The lowest BCUT2D eigenvalue weighted by Gasteiger charge is -2.42. The molecule has 3 nitrogen and oxygen atoms in total. The summed E-state index contributed by atoms with van der Waals surface area (Å²) < 4.78 is 0. The summed E-state index contributed by atoms with van der Waals surface area (Å²) in [4.78, 5) is 11.0. The predicted molar refractivity (Wildman–Crippen MR) is 66.8 cm³/mol. The number of aliphatic carboxylic acids is 1. The van der Waals surface area contributed by atoms with E-state index in [0.29, 0.717) is 0 Å². The number of carbonyl (C=O) groups is 1. The Balaban J connectivity index is 2.51. The first-order valence-corrected chi connectivity index (χ1v) is 5.96. The van der Waals surface area contributed by atoms with E-state index in [2.05, 4.69) is 19.9 Å². The first-order valence-electron chi connectivity index (χ1n) is 5.96. The van der Waals surface area contributed by atoms with Gasteiger partial charge in [-0.2, -0.15) is 0 Å². The van der Waals surface area contributed by atoms with Crippen LogP contribution in [-0.4, -0.2) is 11.1 Å². The van der Waals surface area contributed by atoms with Crippen LogP contribution in [0.5, 0.6) is 0 Å². The SMILES string of the molecule is CC1(C)CCC(N)(CC(=O)O)c2ccccc21. The van der Waals surface area contributed by atoms with Crippen molar-refractivity contribution in [3.05, 3.63) is 35.4 Å². The van der Waals surface area contributed by atoms with E-state index in [-0.39, 0.29) is 11.8 Å². The molecule has 0 amide bonds. The van der Waals surface area contributed by atoms with Crippen LogP contribution < -0.4 is 5.73 Å². The second-order valence-corrected chi connectivity index (χ2v) is 5.66. The summed E-state index contributed by atoms with van der Waals surface area (Å²) in [5, 5.41) is 9.01. The summed E-state index contributed by atoms with van der Waals surface area (Å²) in [6.07, 6.45) is 1.65. The lowest BCUT2D eigenvalue weighted by atomic mass is 9.65. The number of hydrogen-bond acceptors (Lipinski definition) is 2. The molecule has 3 N–H and O–H groups in total. The van der Waals surface area contributed by atoms with Crippen LogP contribution in [0.3, 0.4) is 0 Å². The summed E-state index contributed by atoms with van der Waals surface area (Å²) >= 11 is 0. The predicted octanol–water partition coefficient (Wildman–Crippen LogP) is 2.39. The molecule has 0 aromatic heterocycles. The Kier molecular flexibility index (Phi) is 2.74. The minimum absolute atomic E-state index is 0.0000926. The van der Waals surface area contributed by atoms with Crippen molar-refractivity contribution in [2.75, 3.05) is 0 Å². The molecule has 17 heavy (non-hydrogen) atoms. The molecule has 92 valence electrons. The smallest absolute Gasteiger partial charge is 0.305 e. The maximum absolute atomic E-state index is 11.0. The van der Waals surface area contributed by atoms with Crippen molar-refractivity contribution >= 4 is 5.97 Å². The number of benzene rings is 1. The zero-order chi connectivity index (χ0) is 12.7. The van der Waals surface area contributed by atoms with Crippen molar-refractivity contribution < 1.29 is 9.90 Å². The third kappa shape index (κ3) is 2.07. The first-order chi connectivity index (χ1) is 7.85. The molecule has 2 rings (SSSR count). The van der Waals surface area contributed by atoms with Crippen molar-refractivity contribution in [3.8, 4) is 0 Å². The minimum atomic E-state index is -0.831. The average Bonchev–Trinajstić information content (AvgIpc) is 2.25. The van der Waals surface area contributed by atoms with Crippen LogP contribution in [0.4, 0.5) is 0 Å². The lowest BCUT2D eigenvalue weighted by molar-refractivity contribution is -0.138. The van der Waals surface area contributed by atoms with E-state index in [1.165, 1.54) is 5.56 Å². The Hall–Kier alpha value is -1.35. The van der Waals surface area contributed by atoms with E-state index in [1.54, 1.807) is 0 Å². The summed E-state index contributed by atoms with van der Waals surface area (Å²) in [6, 6.07) is 7.97. The van der Waals surface area contributed by atoms with Crippen LogP contribution in [0.25, 0.3) is 0 Å². The first kappa shape index (κ1) is 12.1. The Morgan fingerprint density at radius 3 is 2.47 bits per heavy atom. The molecular formula is C14H19NO2. The maximum Gasteiger partial charge on any atom is 0.305 e. The molecule has 0 saturated carbocycles. The second-order valence-electron chi connectivity index (χ2n) is 5.66. The summed E-state index contributed by atoms with van der Waals surface area (Å²) in [7, 11) is 0. The number of carboxylic acids is 1. The van der Waals surface area contributed by atoms with Gasteiger partial charge in [0.2, 0.25) is 0 Å². The molecule has 0 bridgehead atoms. The maximum atomic E-state index is 11.0. The minimum Gasteiger partial charge on any atom is -0.481 e. The van der Waals surface area contributed by atoms with Gasteiger partial charge < -0.3 is 10.8 Å². The molecule has 1 aromatic rings. The summed E-state index contributed by atoms with van der Waals surface area (Å²) in [5.41, 5.74) is 7.87. The van der Waals surface area contributed by atoms with Gasteiger partial charge in [-0.1, -0.05) is 38.1 Å². The number of hydrogen-bond donors (Lipinski definition) is 2. The lowest BCUT2D eigenvalue weighted by Crippen LogP contribution is -2.45. The van der Waals surface area contributed by atoms with Crippen LogP contribution in [-0.2, 0) is 15.7 Å². The molecular weight excluding hydrogens is 214 g/mol. The summed E-state index contributed by atoms with van der Waals surface area (Å²) in [6.45, 7) is 4.37. The molecule has 0 aliphatic heterocycles. The molecule has 1 unspecified atom stereocenters. The Labute approximate surface area is 102 Å². The van der Waals surface area contributed by atoms with E-state index in [0.717, 1.165) is 18.4 Å². The van der Waals surface area contributed by atoms with Gasteiger partial charge in [0.25, 0.3) is 0 Å². The van der Waals surface area contributed by atoms with Crippen molar-refractivity contribution in [3.63, 3.8) is 0 Å². The fourth-order valence-corrected chi connectivity index (χ4v) is 2.77. The molecule has 1 aromatic carbocycles. The molecule has 0 fully saturated rings. The fourth-order valence-electron chi connectivity index (χ4n) is 2.77. The van der Waals surface area contributed by atoms with Crippen LogP contribution in [0, 0.1) is 0 Å².